The molecule has 0 aliphatic carbocycles. The second-order valence-corrected chi connectivity index (χ2v) is 6.29. The third-order valence-electron chi connectivity index (χ3n) is 4.42. The van der Waals surface area contributed by atoms with Crippen LogP contribution in [0.25, 0.3) is 0 Å². The third kappa shape index (κ3) is 5.03. The smallest absolute Gasteiger partial charge is 0.123 e. The van der Waals surface area contributed by atoms with Gasteiger partial charge in [-0.3, -0.25) is 9.58 Å². The van der Waals surface area contributed by atoms with Gasteiger partial charge in [-0.2, -0.15) is 5.10 Å². The molecule has 0 saturated carbocycles. The first-order valence-electron chi connectivity index (χ1n) is 8.45. The fraction of sp³-hybridized carbons (Fsp3) is 0.500. The van der Waals surface area contributed by atoms with Crippen molar-refractivity contribution in [1.82, 2.24) is 20.0 Å². The van der Waals surface area contributed by atoms with Crippen LogP contribution in [-0.4, -0.2) is 40.4 Å². The van der Waals surface area contributed by atoms with Crippen LogP contribution in [0.2, 0.25) is 0 Å². The lowest BCUT2D eigenvalue weighted by molar-refractivity contribution is 0.144. The monoisotopic (exact) mass is 352 g/mol. The van der Waals surface area contributed by atoms with E-state index in [0.29, 0.717) is 12.6 Å². The van der Waals surface area contributed by atoms with Gasteiger partial charge in [0.1, 0.15) is 5.82 Å². The summed E-state index contributed by atoms with van der Waals surface area (Å²) in [6.45, 7) is 7.11. The van der Waals surface area contributed by atoms with E-state index in [2.05, 4.69) is 28.4 Å². The average Bonchev–Trinajstić information content (AvgIpc) is 2.99. The van der Waals surface area contributed by atoms with Crippen LogP contribution in [0.3, 0.4) is 0 Å². The third-order valence-corrected chi connectivity index (χ3v) is 4.42. The van der Waals surface area contributed by atoms with Crippen molar-refractivity contribution < 1.29 is 4.39 Å². The van der Waals surface area contributed by atoms with Crippen molar-refractivity contribution >= 4 is 12.4 Å². The summed E-state index contributed by atoms with van der Waals surface area (Å²) in [6.07, 6.45) is 6.51. The number of nitrogens with one attached hydrogen (secondary N) is 1. The average molecular weight is 353 g/mol. The summed E-state index contributed by atoms with van der Waals surface area (Å²) in [5.41, 5.74) is 2.31. The van der Waals surface area contributed by atoms with E-state index in [4.69, 9.17) is 0 Å². The van der Waals surface area contributed by atoms with Gasteiger partial charge in [-0.25, -0.2) is 4.39 Å². The Morgan fingerprint density at radius 2 is 2.00 bits per heavy atom. The summed E-state index contributed by atoms with van der Waals surface area (Å²) in [7, 11) is 0. The van der Waals surface area contributed by atoms with Gasteiger partial charge in [-0.15, -0.1) is 12.4 Å². The van der Waals surface area contributed by atoms with Crippen molar-refractivity contribution in [2.24, 2.45) is 0 Å². The Kier molecular flexibility index (Phi) is 7.21. The van der Waals surface area contributed by atoms with Crippen LogP contribution in [0.4, 0.5) is 4.39 Å². The van der Waals surface area contributed by atoms with Crippen molar-refractivity contribution in [3.63, 3.8) is 0 Å². The molecule has 1 aliphatic heterocycles. The van der Waals surface area contributed by atoms with Gasteiger partial charge < -0.3 is 5.32 Å². The molecule has 0 spiro atoms. The first-order valence-corrected chi connectivity index (χ1v) is 8.45. The van der Waals surface area contributed by atoms with Gasteiger partial charge in [0.25, 0.3) is 0 Å². The molecule has 0 amide bonds. The molecule has 1 saturated heterocycles. The molecule has 1 aromatic heterocycles. The largest absolute Gasteiger partial charge is 0.314 e. The highest BCUT2D eigenvalue weighted by Crippen LogP contribution is 2.14. The van der Waals surface area contributed by atoms with Crippen molar-refractivity contribution in [3.8, 4) is 0 Å². The summed E-state index contributed by atoms with van der Waals surface area (Å²) in [6, 6.07) is 7.23. The van der Waals surface area contributed by atoms with Crippen molar-refractivity contribution in [2.75, 3.05) is 19.6 Å². The minimum Gasteiger partial charge on any atom is -0.314 e. The molecular formula is C18H26ClFN4. The summed E-state index contributed by atoms with van der Waals surface area (Å²) in [5, 5.41) is 7.94. The maximum absolute atomic E-state index is 13.0. The Balaban J connectivity index is 0.00000208. The summed E-state index contributed by atoms with van der Waals surface area (Å²) in [5.74, 6) is -0.199. The number of piperazine rings is 1. The maximum Gasteiger partial charge on any atom is 0.123 e. The minimum atomic E-state index is -0.199. The standard InChI is InChI=1S/C18H25FN4.ClH/c1-2-3-18-11-20-8-9-22(18)12-16-10-21-23(14-16)13-15-4-6-17(19)7-5-15;/h4-7,10,14,18,20H,2-3,8-9,11-13H2,1H3;1H. The number of hydrogen-bond donors (Lipinski definition) is 1. The van der Waals surface area contributed by atoms with E-state index in [-0.39, 0.29) is 18.2 Å². The molecule has 132 valence electrons. The number of hydrogen-bond acceptors (Lipinski definition) is 3. The van der Waals surface area contributed by atoms with Gasteiger partial charge >= 0.3 is 0 Å². The molecule has 4 nitrogen and oxygen atoms in total. The highest BCUT2D eigenvalue weighted by Gasteiger charge is 2.21. The molecule has 0 bridgehead atoms. The molecule has 1 atom stereocenters. The first-order chi connectivity index (χ1) is 11.2. The Hall–Kier alpha value is -1.43. The lowest BCUT2D eigenvalue weighted by atomic mass is 10.1. The molecule has 3 rings (SSSR count). The Labute approximate surface area is 149 Å². The van der Waals surface area contributed by atoms with Gasteiger partial charge in [0.05, 0.1) is 12.7 Å². The number of benzene rings is 1. The minimum absolute atomic E-state index is 0. The van der Waals surface area contributed by atoms with Crippen LogP contribution in [0.15, 0.2) is 36.7 Å². The predicted molar refractivity (Wildman–Crippen MR) is 97.0 cm³/mol. The van der Waals surface area contributed by atoms with Crippen LogP contribution in [0.5, 0.6) is 0 Å². The summed E-state index contributed by atoms with van der Waals surface area (Å²) >= 11 is 0. The predicted octanol–water partition coefficient (Wildman–Crippen LogP) is 3.07. The second-order valence-electron chi connectivity index (χ2n) is 6.29. The zero-order chi connectivity index (χ0) is 16.1. The second kappa shape index (κ2) is 9.16. The van der Waals surface area contributed by atoms with Crippen LogP contribution in [0, 0.1) is 5.82 Å². The van der Waals surface area contributed by atoms with E-state index in [1.165, 1.54) is 30.5 Å². The topological polar surface area (TPSA) is 33.1 Å². The normalized spacial score (nSPS) is 18.3. The molecule has 1 fully saturated rings. The maximum atomic E-state index is 13.0. The molecule has 24 heavy (non-hydrogen) atoms. The Morgan fingerprint density at radius 3 is 2.75 bits per heavy atom. The molecule has 1 aromatic carbocycles. The molecule has 0 radical (unpaired) electrons. The van der Waals surface area contributed by atoms with Crippen LogP contribution in [-0.2, 0) is 13.1 Å². The van der Waals surface area contributed by atoms with E-state index in [1.807, 2.05) is 23.0 Å². The van der Waals surface area contributed by atoms with E-state index < -0.39 is 0 Å². The fourth-order valence-electron chi connectivity index (χ4n) is 3.21. The quantitative estimate of drug-likeness (QED) is 0.867. The Morgan fingerprint density at radius 1 is 1.21 bits per heavy atom. The van der Waals surface area contributed by atoms with E-state index in [9.17, 15) is 4.39 Å². The number of halogens is 2. The van der Waals surface area contributed by atoms with Crippen molar-refractivity contribution in [3.05, 3.63) is 53.6 Å². The van der Waals surface area contributed by atoms with Gasteiger partial charge in [-0.05, 0) is 24.1 Å². The molecular weight excluding hydrogens is 327 g/mol. The molecule has 1 unspecified atom stereocenters. The van der Waals surface area contributed by atoms with Crippen LogP contribution in [0.1, 0.15) is 30.9 Å². The summed E-state index contributed by atoms with van der Waals surface area (Å²) in [4.78, 5) is 2.55. The molecule has 2 heterocycles. The highest BCUT2D eigenvalue weighted by atomic mass is 35.5. The number of rotatable bonds is 6. The first kappa shape index (κ1) is 18.9. The molecule has 1 aliphatic rings. The van der Waals surface area contributed by atoms with Crippen molar-refractivity contribution in [1.29, 1.82) is 0 Å². The van der Waals surface area contributed by atoms with Crippen LogP contribution >= 0.6 is 12.4 Å². The Bertz CT molecular complexity index is 612. The number of nitrogens with zero attached hydrogens (tertiary/aromatic N) is 3. The molecule has 2 aromatic rings. The van der Waals surface area contributed by atoms with Crippen molar-refractivity contribution in [2.45, 2.75) is 38.9 Å². The van der Waals surface area contributed by atoms with Gasteiger partial charge in [0, 0.05) is 44.0 Å². The summed E-state index contributed by atoms with van der Waals surface area (Å²) < 4.78 is 14.9. The van der Waals surface area contributed by atoms with Crippen LogP contribution < -0.4 is 5.32 Å². The SMILES string of the molecule is CCCC1CNCCN1Cc1cnn(Cc2ccc(F)cc2)c1.Cl. The zero-order valence-electron chi connectivity index (χ0n) is 14.1. The van der Waals surface area contributed by atoms with E-state index >= 15 is 0 Å². The van der Waals surface area contributed by atoms with E-state index in [0.717, 1.165) is 31.7 Å². The molecule has 1 N–H and O–H groups in total. The number of aromatic nitrogens is 2. The van der Waals surface area contributed by atoms with Gasteiger partial charge in [0.15, 0.2) is 0 Å². The molecule has 6 heteroatoms. The zero-order valence-corrected chi connectivity index (χ0v) is 14.9. The lowest BCUT2D eigenvalue weighted by Gasteiger charge is -2.35. The van der Waals surface area contributed by atoms with Gasteiger partial charge in [0.2, 0.25) is 0 Å². The van der Waals surface area contributed by atoms with Gasteiger partial charge in [-0.1, -0.05) is 25.5 Å². The highest BCUT2D eigenvalue weighted by molar-refractivity contribution is 5.85. The van der Waals surface area contributed by atoms with E-state index in [1.54, 1.807) is 0 Å². The lowest BCUT2D eigenvalue weighted by Crippen LogP contribution is -2.50. The fourth-order valence-corrected chi connectivity index (χ4v) is 3.21.